The highest BCUT2D eigenvalue weighted by Crippen LogP contribution is 2.32. The second-order valence-electron chi connectivity index (χ2n) is 9.80. The van der Waals surface area contributed by atoms with E-state index in [1.165, 1.54) is 31.2 Å². The van der Waals surface area contributed by atoms with Crippen LogP contribution < -0.4 is 10.2 Å². The number of amides is 2. The van der Waals surface area contributed by atoms with E-state index in [1.807, 2.05) is 24.3 Å². The predicted molar refractivity (Wildman–Crippen MR) is 128 cm³/mol. The van der Waals surface area contributed by atoms with Gasteiger partial charge >= 0.3 is 0 Å². The van der Waals surface area contributed by atoms with Crippen LogP contribution in [0.3, 0.4) is 0 Å². The van der Waals surface area contributed by atoms with E-state index in [-0.39, 0.29) is 11.8 Å². The molecular weight excluding hydrogens is 414 g/mol. The summed E-state index contributed by atoms with van der Waals surface area (Å²) in [6, 6.07) is 12.0. The standard InChI is InChI=1S/C26H33N5O2/c32-25(16-19-4-1-2-5-19)30-14-11-21(12-15-30)20-7-9-23(10-8-20)28-26(33)22-17-31(18-22)24-6-3-13-27-29-24/h3,6-10,13,19,21-22H,1-2,4-5,11-12,14-18H2,(H,28,33). The zero-order chi connectivity index (χ0) is 22.6. The topological polar surface area (TPSA) is 78.4 Å². The number of hydrogen-bond acceptors (Lipinski definition) is 5. The molecule has 2 amide bonds. The van der Waals surface area contributed by atoms with E-state index >= 15 is 0 Å². The minimum absolute atomic E-state index is 0.0298. The van der Waals surface area contributed by atoms with Crippen LogP contribution in [0.1, 0.15) is 56.4 Å². The predicted octanol–water partition coefficient (Wildman–Crippen LogP) is 3.84. The summed E-state index contributed by atoms with van der Waals surface area (Å²) < 4.78 is 0. The van der Waals surface area contributed by atoms with Crippen molar-refractivity contribution in [2.24, 2.45) is 11.8 Å². The highest BCUT2D eigenvalue weighted by Gasteiger charge is 2.33. The van der Waals surface area contributed by atoms with Crippen LogP contribution in [-0.4, -0.2) is 53.1 Å². The Morgan fingerprint density at radius 2 is 1.70 bits per heavy atom. The fourth-order valence-corrected chi connectivity index (χ4v) is 5.43. The maximum atomic E-state index is 12.6. The molecule has 7 nitrogen and oxygen atoms in total. The van der Waals surface area contributed by atoms with Gasteiger partial charge in [-0.1, -0.05) is 25.0 Å². The molecule has 0 atom stereocenters. The van der Waals surface area contributed by atoms with E-state index in [0.717, 1.165) is 43.9 Å². The number of likely N-dealkylation sites (tertiary alicyclic amines) is 1. The number of rotatable bonds is 6. The molecule has 2 aromatic rings. The maximum Gasteiger partial charge on any atom is 0.231 e. The largest absolute Gasteiger partial charge is 0.353 e. The molecule has 33 heavy (non-hydrogen) atoms. The number of carbonyl (C=O) groups excluding carboxylic acids is 2. The number of benzene rings is 1. The number of nitrogens with one attached hydrogen (secondary N) is 1. The molecule has 3 heterocycles. The molecule has 5 rings (SSSR count). The minimum Gasteiger partial charge on any atom is -0.353 e. The number of piperidine rings is 1. The van der Waals surface area contributed by atoms with E-state index in [4.69, 9.17) is 0 Å². The molecular formula is C26H33N5O2. The van der Waals surface area contributed by atoms with Gasteiger partial charge in [0.25, 0.3) is 0 Å². The van der Waals surface area contributed by atoms with Crippen molar-refractivity contribution in [1.82, 2.24) is 15.1 Å². The highest BCUT2D eigenvalue weighted by molar-refractivity contribution is 5.94. The molecule has 2 aliphatic heterocycles. The van der Waals surface area contributed by atoms with E-state index < -0.39 is 0 Å². The van der Waals surface area contributed by atoms with Crippen LogP contribution in [0.5, 0.6) is 0 Å². The van der Waals surface area contributed by atoms with Crippen LogP contribution >= 0.6 is 0 Å². The first-order chi connectivity index (χ1) is 16.2. The summed E-state index contributed by atoms with van der Waals surface area (Å²) >= 11 is 0. The summed E-state index contributed by atoms with van der Waals surface area (Å²) in [7, 11) is 0. The lowest BCUT2D eigenvalue weighted by molar-refractivity contribution is -0.133. The van der Waals surface area contributed by atoms with Crippen molar-refractivity contribution in [2.75, 3.05) is 36.4 Å². The van der Waals surface area contributed by atoms with Crippen molar-refractivity contribution in [3.63, 3.8) is 0 Å². The van der Waals surface area contributed by atoms with Gasteiger partial charge in [-0.05, 0) is 67.3 Å². The van der Waals surface area contributed by atoms with Crippen LogP contribution in [0.15, 0.2) is 42.6 Å². The van der Waals surface area contributed by atoms with Gasteiger partial charge in [0.15, 0.2) is 5.82 Å². The zero-order valence-corrected chi connectivity index (χ0v) is 19.2. The molecule has 1 aliphatic carbocycles. The molecule has 1 aromatic carbocycles. The van der Waals surface area contributed by atoms with E-state index in [1.54, 1.807) is 6.20 Å². The third kappa shape index (κ3) is 5.18. The second kappa shape index (κ2) is 9.89. The highest BCUT2D eigenvalue weighted by atomic mass is 16.2. The Bertz CT molecular complexity index is 944. The second-order valence-corrected chi connectivity index (χ2v) is 9.80. The summed E-state index contributed by atoms with van der Waals surface area (Å²) in [4.78, 5) is 29.3. The molecule has 0 unspecified atom stereocenters. The molecule has 174 valence electrons. The Hall–Kier alpha value is -2.96. The lowest BCUT2D eigenvalue weighted by atomic mass is 9.89. The summed E-state index contributed by atoms with van der Waals surface area (Å²) in [5.74, 6) is 2.30. The van der Waals surface area contributed by atoms with Gasteiger partial charge in [0.05, 0.1) is 5.92 Å². The Morgan fingerprint density at radius 3 is 2.36 bits per heavy atom. The van der Waals surface area contributed by atoms with Gasteiger partial charge in [-0.15, -0.1) is 5.10 Å². The average Bonchev–Trinajstić information content (AvgIpc) is 3.32. The number of anilines is 2. The van der Waals surface area contributed by atoms with Crippen molar-refractivity contribution < 1.29 is 9.59 Å². The molecule has 3 fully saturated rings. The average molecular weight is 448 g/mol. The van der Waals surface area contributed by atoms with Crippen molar-refractivity contribution >= 4 is 23.3 Å². The number of hydrogen-bond donors (Lipinski definition) is 1. The maximum absolute atomic E-state index is 12.6. The van der Waals surface area contributed by atoms with Crippen molar-refractivity contribution in [1.29, 1.82) is 0 Å². The molecule has 1 N–H and O–H groups in total. The molecule has 2 saturated heterocycles. The first-order valence-electron chi connectivity index (χ1n) is 12.4. The molecule has 3 aliphatic rings. The first-order valence-corrected chi connectivity index (χ1v) is 12.4. The third-order valence-corrected chi connectivity index (χ3v) is 7.57. The van der Waals surface area contributed by atoms with Gasteiger partial charge in [-0.2, -0.15) is 5.10 Å². The number of aromatic nitrogens is 2. The fraction of sp³-hybridized carbons (Fsp3) is 0.538. The lowest BCUT2D eigenvalue weighted by Crippen LogP contribution is -2.52. The van der Waals surface area contributed by atoms with Gasteiger partial charge in [-0.25, -0.2) is 0 Å². The van der Waals surface area contributed by atoms with Crippen LogP contribution in [0.2, 0.25) is 0 Å². The minimum atomic E-state index is -0.0298. The summed E-state index contributed by atoms with van der Waals surface area (Å²) in [6.45, 7) is 3.05. The zero-order valence-electron chi connectivity index (χ0n) is 19.2. The normalized spacial score (nSPS) is 20.0. The van der Waals surface area contributed by atoms with Crippen LogP contribution in [0.4, 0.5) is 11.5 Å². The fourth-order valence-electron chi connectivity index (χ4n) is 5.43. The molecule has 0 bridgehead atoms. The van der Waals surface area contributed by atoms with E-state index in [2.05, 4.69) is 37.4 Å². The SMILES string of the molecule is O=C(Nc1ccc(C2CCN(C(=O)CC3CCCC3)CC2)cc1)C1CN(c2cccnn2)C1. The molecule has 1 aromatic heterocycles. The van der Waals surface area contributed by atoms with Gasteiger partial charge in [-0.3, -0.25) is 9.59 Å². The Balaban J connectivity index is 1.07. The van der Waals surface area contributed by atoms with Gasteiger partial charge in [0.2, 0.25) is 11.8 Å². The quantitative estimate of drug-likeness (QED) is 0.728. The summed E-state index contributed by atoms with van der Waals surface area (Å²) in [5, 5.41) is 11.0. The number of nitrogens with zero attached hydrogens (tertiary/aromatic N) is 4. The molecule has 7 heteroatoms. The van der Waals surface area contributed by atoms with Crippen molar-refractivity contribution in [3.05, 3.63) is 48.2 Å². The summed E-state index contributed by atoms with van der Waals surface area (Å²) in [6.07, 6.45) is 9.47. The Morgan fingerprint density at radius 1 is 0.970 bits per heavy atom. The van der Waals surface area contributed by atoms with Crippen molar-refractivity contribution in [2.45, 2.75) is 50.9 Å². The Labute approximate surface area is 195 Å². The number of carbonyl (C=O) groups is 2. The van der Waals surface area contributed by atoms with Crippen LogP contribution in [0, 0.1) is 11.8 Å². The van der Waals surface area contributed by atoms with Gasteiger partial charge in [0.1, 0.15) is 0 Å². The monoisotopic (exact) mass is 447 g/mol. The van der Waals surface area contributed by atoms with Crippen LogP contribution in [0.25, 0.3) is 0 Å². The Kier molecular flexibility index (Phi) is 6.55. The summed E-state index contributed by atoms with van der Waals surface area (Å²) in [5.41, 5.74) is 2.14. The van der Waals surface area contributed by atoms with Gasteiger partial charge < -0.3 is 15.1 Å². The molecule has 0 spiro atoms. The molecule has 0 radical (unpaired) electrons. The third-order valence-electron chi connectivity index (χ3n) is 7.57. The first kappa shape index (κ1) is 21.9. The smallest absolute Gasteiger partial charge is 0.231 e. The van der Waals surface area contributed by atoms with E-state index in [9.17, 15) is 9.59 Å². The van der Waals surface area contributed by atoms with Crippen LogP contribution in [-0.2, 0) is 9.59 Å². The van der Waals surface area contributed by atoms with Crippen molar-refractivity contribution in [3.8, 4) is 0 Å². The van der Waals surface area contributed by atoms with E-state index in [0.29, 0.717) is 30.8 Å². The van der Waals surface area contributed by atoms with Gasteiger partial charge in [0, 0.05) is 44.5 Å². The lowest BCUT2D eigenvalue weighted by Gasteiger charge is -2.38. The molecule has 1 saturated carbocycles.